The molecule has 2 N–H and O–H groups in total. The van der Waals surface area contributed by atoms with E-state index in [9.17, 15) is 14.7 Å². The molecule has 2 saturated heterocycles. The molecular weight excluding hydrogens is 409 g/mol. The van der Waals surface area contributed by atoms with E-state index in [4.69, 9.17) is 0 Å². The largest absolute Gasteiger partial charge is 0.477 e. The molecule has 30 heavy (non-hydrogen) atoms. The number of rotatable bonds is 4. The summed E-state index contributed by atoms with van der Waals surface area (Å²) in [4.78, 5) is 26.4. The van der Waals surface area contributed by atoms with Gasteiger partial charge in [0.05, 0.1) is 16.6 Å². The van der Waals surface area contributed by atoms with E-state index in [2.05, 4.69) is 16.8 Å². The molecule has 2 aliphatic heterocycles. The highest BCUT2D eigenvalue weighted by Crippen LogP contribution is 2.41. The number of pyridine rings is 1. The molecule has 0 radical (unpaired) electrons. The molecule has 1 saturated carbocycles. The molecule has 3 heterocycles. The summed E-state index contributed by atoms with van der Waals surface area (Å²) < 4.78 is 17.2. The predicted octanol–water partition coefficient (Wildman–Crippen LogP) is 3.43. The zero-order valence-electron chi connectivity index (χ0n) is 16.6. The Kier molecular flexibility index (Phi) is 5.36. The molecule has 5 rings (SSSR count). The van der Waals surface area contributed by atoms with Gasteiger partial charge < -0.3 is 19.9 Å². The van der Waals surface area contributed by atoms with Gasteiger partial charge in [0.1, 0.15) is 11.4 Å². The van der Waals surface area contributed by atoms with E-state index in [-0.39, 0.29) is 29.4 Å². The van der Waals surface area contributed by atoms with E-state index in [1.165, 1.54) is 12.3 Å². The number of carbonyl (C=O) groups is 1. The van der Waals surface area contributed by atoms with Gasteiger partial charge in [0, 0.05) is 36.9 Å². The first-order chi connectivity index (χ1) is 14.0. The zero-order chi connectivity index (χ0) is 20.3. The standard InChI is InChI=1S/C22H24FN3O3.ClH/c1-2-14-19-15(21(27)16(22(28)29)10-26(19)13-5-6-13)8-17(23)20(14)25-9-12-4-3-7-24-18(12)11-25;/h2,8,10,12-13,18,24H,1,3-7,9,11H2,(H,28,29);1H/t12-,18+;/m0./s1. The Morgan fingerprint density at radius 3 is 2.70 bits per heavy atom. The highest BCUT2D eigenvalue weighted by atomic mass is 35.5. The van der Waals surface area contributed by atoms with Crippen LogP contribution in [0.15, 0.2) is 23.6 Å². The summed E-state index contributed by atoms with van der Waals surface area (Å²) in [5.74, 6) is -1.30. The third kappa shape index (κ3) is 3.20. The molecule has 2 aromatic rings. The molecule has 2 atom stereocenters. The predicted molar refractivity (Wildman–Crippen MR) is 117 cm³/mol. The number of nitrogens with one attached hydrogen (secondary N) is 1. The first-order valence-corrected chi connectivity index (χ1v) is 10.2. The van der Waals surface area contributed by atoms with Gasteiger partial charge in [0.25, 0.3) is 0 Å². The molecule has 0 unspecified atom stereocenters. The summed E-state index contributed by atoms with van der Waals surface area (Å²) in [6, 6.07) is 1.70. The van der Waals surface area contributed by atoms with Crippen molar-refractivity contribution in [2.75, 3.05) is 24.5 Å². The Hall–Kier alpha value is -2.38. The van der Waals surface area contributed by atoms with Gasteiger partial charge in [0.2, 0.25) is 5.43 Å². The van der Waals surface area contributed by atoms with Gasteiger partial charge in [-0.15, -0.1) is 12.4 Å². The fourth-order valence-electron chi connectivity index (χ4n) is 5.05. The Balaban J connectivity index is 0.00000218. The molecule has 1 aromatic heterocycles. The van der Waals surface area contributed by atoms with E-state index in [0.29, 0.717) is 28.7 Å². The fraction of sp³-hybridized carbons (Fsp3) is 0.455. The van der Waals surface area contributed by atoms with Crippen LogP contribution >= 0.6 is 12.4 Å². The number of halogens is 2. The summed E-state index contributed by atoms with van der Waals surface area (Å²) in [5, 5.41) is 13.1. The smallest absolute Gasteiger partial charge is 0.341 e. The Bertz CT molecular complexity index is 1080. The third-order valence-corrected chi connectivity index (χ3v) is 6.57. The van der Waals surface area contributed by atoms with Crippen LogP contribution in [-0.4, -0.2) is 41.3 Å². The van der Waals surface area contributed by atoms with Crippen LogP contribution < -0.4 is 15.6 Å². The second kappa shape index (κ2) is 7.71. The molecule has 3 aliphatic rings. The zero-order valence-corrected chi connectivity index (χ0v) is 17.4. The molecule has 0 spiro atoms. The van der Waals surface area contributed by atoms with E-state index < -0.39 is 17.2 Å². The molecule has 1 aromatic carbocycles. The average molecular weight is 434 g/mol. The number of hydrogen-bond donors (Lipinski definition) is 2. The number of piperidine rings is 1. The molecule has 0 amide bonds. The van der Waals surface area contributed by atoms with Gasteiger partial charge in [-0.25, -0.2) is 9.18 Å². The minimum Gasteiger partial charge on any atom is -0.477 e. The Morgan fingerprint density at radius 2 is 2.07 bits per heavy atom. The van der Waals surface area contributed by atoms with Crippen molar-refractivity contribution in [3.8, 4) is 0 Å². The van der Waals surface area contributed by atoms with Crippen LogP contribution in [0, 0.1) is 11.7 Å². The van der Waals surface area contributed by atoms with Crippen molar-refractivity contribution in [2.45, 2.75) is 37.8 Å². The molecule has 3 fully saturated rings. The van der Waals surface area contributed by atoms with Crippen molar-refractivity contribution in [3.05, 3.63) is 46.0 Å². The van der Waals surface area contributed by atoms with Gasteiger partial charge in [0.15, 0.2) is 0 Å². The van der Waals surface area contributed by atoms with Crippen LogP contribution in [0.3, 0.4) is 0 Å². The van der Waals surface area contributed by atoms with Gasteiger partial charge >= 0.3 is 5.97 Å². The normalized spacial score (nSPS) is 23.2. The van der Waals surface area contributed by atoms with Crippen LogP contribution in [0.5, 0.6) is 0 Å². The maximum absolute atomic E-state index is 15.4. The van der Waals surface area contributed by atoms with E-state index in [0.717, 1.165) is 45.3 Å². The number of aromatic nitrogens is 1. The number of carboxylic acid groups (broad SMARTS) is 1. The minimum absolute atomic E-state index is 0. The van der Waals surface area contributed by atoms with Crippen molar-refractivity contribution < 1.29 is 14.3 Å². The quantitative estimate of drug-likeness (QED) is 0.772. The highest BCUT2D eigenvalue weighted by Gasteiger charge is 2.37. The number of fused-ring (bicyclic) bond motifs is 2. The molecule has 6 nitrogen and oxygen atoms in total. The SMILES string of the molecule is C=Cc1c(N2C[C@@H]3CCCN[C@@H]3C2)c(F)cc2c(=O)c(C(=O)O)cn(C3CC3)c12.Cl. The minimum atomic E-state index is -1.29. The van der Waals surface area contributed by atoms with Gasteiger partial charge in [-0.05, 0) is 44.2 Å². The van der Waals surface area contributed by atoms with Gasteiger partial charge in [-0.2, -0.15) is 0 Å². The van der Waals surface area contributed by atoms with Crippen molar-refractivity contribution in [1.82, 2.24) is 9.88 Å². The van der Waals surface area contributed by atoms with E-state index in [1.807, 2.05) is 4.57 Å². The van der Waals surface area contributed by atoms with Crippen molar-refractivity contribution in [3.63, 3.8) is 0 Å². The number of aromatic carboxylic acids is 1. The molecule has 0 bridgehead atoms. The lowest BCUT2D eigenvalue weighted by molar-refractivity contribution is 0.0695. The van der Waals surface area contributed by atoms with Crippen LogP contribution in [0.2, 0.25) is 0 Å². The number of benzene rings is 1. The number of carboxylic acids is 1. The summed E-state index contributed by atoms with van der Waals surface area (Å²) in [6.45, 7) is 6.38. The van der Waals surface area contributed by atoms with Crippen LogP contribution in [0.25, 0.3) is 17.0 Å². The summed E-state index contributed by atoms with van der Waals surface area (Å²) >= 11 is 0. The second-order valence-corrected chi connectivity index (χ2v) is 8.40. The maximum Gasteiger partial charge on any atom is 0.341 e. The summed E-state index contributed by atoms with van der Waals surface area (Å²) in [6.07, 6.45) is 7.11. The lowest BCUT2D eigenvalue weighted by atomic mass is 9.94. The third-order valence-electron chi connectivity index (χ3n) is 6.57. The van der Waals surface area contributed by atoms with Crippen LogP contribution in [0.4, 0.5) is 10.1 Å². The van der Waals surface area contributed by atoms with Crippen LogP contribution in [-0.2, 0) is 0 Å². The maximum atomic E-state index is 15.4. The number of nitrogens with zero attached hydrogens (tertiary/aromatic N) is 2. The monoisotopic (exact) mass is 433 g/mol. The number of hydrogen-bond acceptors (Lipinski definition) is 4. The Morgan fingerprint density at radius 1 is 1.30 bits per heavy atom. The lowest BCUT2D eigenvalue weighted by Crippen LogP contribution is -2.40. The summed E-state index contributed by atoms with van der Waals surface area (Å²) in [5.41, 5.74) is 0.689. The second-order valence-electron chi connectivity index (χ2n) is 8.40. The lowest BCUT2D eigenvalue weighted by Gasteiger charge is -2.25. The van der Waals surface area contributed by atoms with Crippen LogP contribution in [0.1, 0.15) is 47.6 Å². The summed E-state index contributed by atoms with van der Waals surface area (Å²) in [7, 11) is 0. The first kappa shape index (κ1) is 20.9. The van der Waals surface area contributed by atoms with E-state index >= 15 is 4.39 Å². The van der Waals surface area contributed by atoms with Crippen molar-refractivity contribution in [1.29, 1.82) is 0 Å². The first-order valence-electron chi connectivity index (χ1n) is 10.2. The molecule has 8 heteroatoms. The molecular formula is C22H25ClFN3O3. The van der Waals surface area contributed by atoms with Crippen molar-refractivity contribution >= 4 is 41.0 Å². The molecule has 1 aliphatic carbocycles. The topological polar surface area (TPSA) is 74.6 Å². The van der Waals surface area contributed by atoms with Gasteiger partial charge in [-0.1, -0.05) is 12.7 Å². The van der Waals surface area contributed by atoms with E-state index in [1.54, 1.807) is 6.08 Å². The average Bonchev–Trinajstić information content (AvgIpc) is 3.45. The molecule has 160 valence electrons. The van der Waals surface area contributed by atoms with Crippen molar-refractivity contribution in [2.24, 2.45) is 5.92 Å². The van der Waals surface area contributed by atoms with Gasteiger partial charge in [-0.3, -0.25) is 4.79 Å². The fourth-order valence-corrected chi connectivity index (χ4v) is 5.05. The number of anilines is 1. The highest BCUT2D eigenvalue weighted by molar-refractivity contribution is 5.98. The Labute approximate surface area is 179 Å².